The van der Waals surface area contributed by atoms with Gasteiger partial charge in [0, 0.05) is 11.6 Å². The first-order chi connectivity index (χ1) is 18.6. The summed E-state index contributed by atoms with van der Waals surface area (Å²) >= 11 is 0. The second-order valence-corrected chi connectivity index (χ2v) is 14.3. The molecule has 39 heavy (non-hydrogen) atoms. The van der Waals surface area contributed by atoms with Crippen LogP contribution in [0.15, 0.2) is 53.4 Å². The van der Waals surface area contributed by atoms with Crippen molar-refractivity contribution in [3.05, 3.63) is 65.2 Å². The number of sulfonamides is 1. The van der Waals surface area contributed by atoms with E-state index < -0.39 is 10.0 Å². The quantitative estimate of drug-likeness (QED) is 0.369. The summed E-state index contributed by atoms with van der Waals surface area (Å²) in [6, 6.07) is 15.4. The van der Waals surface area contributed by atoms with Crippen LogP contribution in [0.1, 0.15) is 76.0 Å². The van der Waals surface area contributed by atoms with Crippen LogP contribution < -0.4 is 9.46 Å². The zero-order valence-electron chi connectivity index (χ0n) is 23.7. The Kier molecular flexibility index (Phi) is 7.99. The zero-order chi connectivity index (χ0) is 27.6. The van der Waals surface area contributed by atoms with Crippen LogP contribution in [0.3, 0.4) is 0 Å². The van der Waals surface area contributed by atoms with E-state index in [4.69, 9.17) is 9.72 Å². The number of aryl methyl sites for hydroxylation is 1. The van der Waals surface area contributed by atoms with Crippen molar-refractivity contribution < 1.29 is 13.2 Å². The molecule has 0 amide bonds. The lowest BCUT2D eigenvalue weighted by atomic mass is 9.82. The van der Waals surface area contributed by atoms with Crippen LogP contribution >= 0.6 is 0 Å². The molecule has 0 unspecified atom stereocenters. The Labute approximate surface area is 233 Å². The van der Waals surface area contributed by atoms with Crippen LogP contribution in [0, 0.1) is 24.2 Å². The Balaban J connectivity index is 1.57. The molecule has 0 spiro atoms. The van der Waals surface area contributed by atoms with Gasteiger partial charge in [0.2, 0.25) is 11.8 Å². The summed E-state index contributed by atoms with van der Waals surface area (Å²) in [6.07, 6.45) is 9.09. The Bertz CT molecular complexity index is 1420. The maximum absolute atomic E-state index is 13.4. The van der Waals surface area contributed by atoms with E-state index in [2.05, 4.69) is 55.6 Å². The number of ether oxygens (including phenoxy) is 1. The Morgan fingerprint density at radius 3 is 2.51 bits per heavy atom. The van der Waals surface area contributed by atoms with Gasteiger partial charge in [0.25, 0.3) is 10.0 Å². The third kappa shape index (κ3) is 6.99. The van der Waals surface area contributed by atoms with E-state index in [9.17, 15) is 8.42 Å². The third-order valence-electron chi connectivity index (χ3n) is 7.88. The Morgan fingerprint density at radius 2 is 1.74 bits per heavy atom. The van der Waals surface area contributed by atoms with E-state index in [0.29, 0.717) is 24.1 Å². The standard InChI is InChI=1S/C32H41N3O3S/c1-22-10-8-14-26(17-23-11-6-5-7-12-23)30(22)28-19-29-34-31(33-28)35-39(36,37)27-15-9-13-24(18-27)16-25(21-38-29)20-32(2,3)4/h8-10,13-15,18-19,23,25H,5-7,11-12,16-17,20-21H2,1-4H3,(H,33,34,35)/t25-/m1/s1. The van der Waals surface area contributed by atoms with Gasteiger partial charge in [-0.2, -0.15) is 4.98 Å². The smallest absolute Gasteiger partial charge is 0.264 e. The zero-order valence-corrected chi connectivity index (χ0v) is 24.5. The summed E-state index contributed by atoms with van der Waals surface area (Å²) in [6.45, 7) is 9.25. The van der Waals surface area contributed by atoms with Gasteiger partial charge in [0.05, 0.1) is 17.2 Å². The first-order valence-corrected chi connectivity index (χ1v) is 15.8. The lowest BCUT2D eigenvalue weighted by molar-refractivity contribution is 0.189. The molecule has 2 aliphatic rings. The number of nitrogens with one attached hydrogen (secondary N) is 1. The number of nitrogens with zero attached hydrogens (tertiary/aromatic N) is 2. The van der Waals surface area contributed by atoms with Gasteiger partial charge >= 0.3 is 0 Å². The molecule has 1 aliphatic carbocycles. The predicted molar refractivity (Wildman–Crippen MR) is 156 cm³/mol. The number of fused-ring (bicyclic) bond motifs is 4. The summed E-state index contributed by atoms with van der Waals surface area (Å²) in [4.78, 5) is 9.48. The fourth-order valence-electron chi connectivity index (χ4n) is 6.25. The average molecular weight is 548 g/mol. The van der Waals surface area contributed by atoms with Gasteiger partial charge in [-0.1, -0.05) is 83.2 Å². The molecule has 1 aromatic heterocycles. The van der Waals surface area contributed by atoms with Gasteiger partial charge in [-0.25, -0.2) is 18.1 Å². The predicted octanol–water partition coefficient (Wildman–Crippen LogP) is 7.36. The molecule has 2 heterocycles. The van der Waals surface area contributed by atoms with E-state index >= 15 is 0 Å². The maximum Gasteiger partial charge on any atom is 0.264 e. The number of anilines is 1. The monoisotopic (exact) mass is 547 g/mol. The van der Waals surface area contributed by atoms with Crippen molar-refractivity contribution in [2.24, 2.45) is 17.3 Å². The van der Waals surface area contributed by atoms with Crippen LogP contribution in [-0.2, 0) is 22.9 Å². The molecule has 1 fully saturated rings. The summed E-state index contributed by atoms with van der Waals surface area (Å²) in [5, 5.41) is 0. The lowest BCUT2D eigenvalue weighted by Crippen LogP contribution is -2.23. The largest absolute Gasteiger partial charge is 0.477 e. The summed E-state index contributed by atoms with van der Waals surface area (Å²) < 4.78 is 35.8. The topological polar surface area (TPSA) is 81.2 Å². The molecule has 1 saturated carbocycles. The molecule has 208 valence electrons. The molecule has 1 atom stereocenters. The van der Waals surface area contributed by atoms with E-state index in [1.807, 2.05) is 12.1 Å². The fraction of sp³-hybridized carbons (Fsp3) is 0.500. The van der Waals surface area contributed by atoms with E-state index in [-0.39, 0.29) is 22.2 Å². The minimum absolute atomic E-state index is 0.0349. The molecule has 2 aromatic carbocycles. The van der Waals surface area contributed by atoms with Crippen molar-refractivity contribution in [3.63, 3.8) is 0 Å². The maximum atomic E-state index is 13.4. The Morgan fingerprint density at radius 1 is 0.974 bits per heavy atom. The van der Waals surface area contributed by atoms with Gasteiger partial charge in [-0.15, -0.1) is 0 Å². The van der Waals surface area contributed by atoms with Crippen molar-refractivity contribution in [2.45, 2.75) is 84.0 Å². The second kappa shape index (κ2) is 11.3. The van der Waals surface area contributed by atoms with Gasteiger partial charge in [0.15, 0.2) is 0 Å². The third-order valence-corrected chi connectivity index (χ3v) is 9.20. The molecule has 0 saturated heterocycles. The molecular weight excluding hydrogens is 506 g/mol. The number of benzene rings is 2. The first kappa shape index (κ1) is 27.6. The van der Waals surface area contributed by atoms with E-state index in [1.54, 1.807) is 18.2 Å². The molecule has 0 radical (unpaired) electrons. The minimum Gasteiger partial charge on any atom is -0.477 e. The molecule has 5 rings (SSSR count). The lowest BCUT2D eigenvalue weighted by Gasteiger charge is -2.27. The number of hydrogen-bond donors (Lipinski definition) is 1. The highest BCUT2D eigenvalue weighted by Gasteiger charge is 2.25. The molecule has 1 N–H and O–H groups in total. The summed E-state index contributed by atoms with van der Waals surface area (Å²) in [5.41, 5.74) is 5.19. The molecule has 6 nitrogen and oxygen atoms in total. The van der Waals surface area contributed by atoms with Gasteiger partial charge in [0.1, 0.15) is 0 Å². The molecule has 4 bridgehead atoms. The second-order valence-electron chi connectivity index (χ2n) is 12.6. The first-order valence-electron chi connectivity index (χ1n) is 14.3. The minimum atomic E-state index is -3.87. The molecule has 3 aromatic rings. The van der Waals surface area contributed by atoms with Crippen LogP contribution in [0.5, 0.6) is 5.88 Å². The van der Waals surface area contributed by atoms with Crippen LogP contribution in [0.25, 0.3) is 11.3 Å². The van der Waals surface area contributed by atoms with Crippen molar-refractivity contribution >= 4 is 16.0 Å². The number of aromatic nitrogens is 2. The molecular formula is C32H41N3O3S. The molecule has 7 heteroatoms. The summed E-state index contributed by atoms with van der Waals surface area (Å²) in [7, 11) is -3.87. The highest BCUT2D eigenvalue weighted by molar-refractivity contribution is 7.92. The van der Waals surface area contributed by atoms with Crippen molar-refractivity contribution in [1.29, 1.82) is 0 Å². The number of hydrogen-bond acceptors (Lipinski definition) is 5. The Hall–Kier alpha value is -2.93. The van der Waals surface area contributed by atoms with Crippen LogP contribution in [-0.4, -0.2) is 25.0 Å². The van der Waals surface area contributed by atoms with E-state index in [0.717, 1.165) is 36.0 Å². The van der Waals surface area contributed by atoms with Gasteiger partial charge in [-0.3, -0.25) is 0 Å². The SMILES string of the molecule is Cc1cccc(CC2CCCCC2)c1-c1cc2nc(n1)NS(=O)(=O)c1cccc(c1)C[C@H](CC(C)(C)C)CO2. The molecule has 1 aliphatic heterocycles. The van der Waals surface area contributed by atoms with Gasteiger partial charge < -0.3 is 4.74 Å². The van der Waals surface area contributed by atoms with Crippen molar-refractivity contribution in [3.8, 4) is 17.1 Å². The van der Waals surface area contributed by atoms with Crippen LogP contribution in [0.2, 0.25) is 0 Å². The van der Waals surface area contributed by atoms with E-state index in [1.165, 1.54) is 37.7 Å². The number of rotatable bonds is 4. The average Bonchev–Trinajstić information content (AvgIpc) is 2.86. The normalized spacial score (nSPS) is 19.7. The van der Waals surface area contributed by atoms with Crippen LogP contribution in [0.4, 0.5) is 5.95 Å². The highest BCUT2D eigenvalue weighted by Crippen LogP contribution is 2.35. The van der Waals surface area contributed by atoms with Gasteiger partial charge in [-0.05, 0) is 72.3 Å². The summed E-state index contributed by atoms with van der Waals surface area (Å²) in [5.74, 6) is 1.30. The van der Waals surface area contributed by atoms with Crippen molar-refractivity contribution in [2.75, 3.05) is 11.3 Å². The highest BCUT2D eigenvalue weighted by atomic mass is 32.2. The van der Waals surface area contributed by atoms with Crippen molar-refractivity contribution in [1.82, 2.24) is 9.97 Å². The fourth-order valence-corrected chi connectivity index (χ4v) is 7.27.